The van der Waals surface area contributed by atoms with Gasteiger partial charge in [0, 0.05) is 18.0 Å². The summed E-state index contributed by atoms with van der Waals surface area (Å²) in [5, 5.41) is 3.15. The molecule has 1 aliphatic carbocycles. The maximum Gasteiger partial charge on any atom is 0.230 e. The lowest BCUT2D eigenvalue weighted by Gasteiger charge is -2.31. The van der Waals surface area contributed by atoms with Gasteiger partial charge in [0.05, 0.1) is 11.4 Å². The smallest absolute Gasteiger partial charge is 0.230 e. The van der Waals surface area contributed by atoms with Crippen molar-refractivity contribution < 1.29 is 4.79 Å². The minimum absolute atomic E-state index is 0.122. The summed E-state index contributed by atoms with van der Waals surface area (Å²) in [4.78, 5) is 16.2. The zero-order chi connectivity index (χ0) is 14.2. The third kappa shape index (κ3) is 4.80. The number of carbonyl (C=O) groups is 1. The van der Waals surface area contributed by atoms with E-state index in [1.54, 1.807) is 18.0 Å². The highest BCUT2D eigenvalue weighted by Crippen LogP contribution is 2.23. The van der Waals surface area contributed by atoms with Crippen molar-refractivity contribution in [1.82, 2.24) is 10.3 Å². The van der Waals surface area contributed by atoms with Gasteiger partial charge in [-0.3, -0.25) is 9.78 Å². The normalized spacial score (nSPS) is 22.4. The van der Waals surface area contributed by atoms with Crippen LogP contribution in [0, 0.1) is 5.92 Å². The third-order valence-corrected chi connectivity index (χ3v) is 4.73. The summed E-state index contributed by atoms with van der Waals surface area (Å²) in [5.41, 5.74) is 6.80. The molecule has 1 fully saturated rings. The molecule has 0 aromatic carbocycles. The molecule has 1 aromatic rings. The second kappa shape index (κ2) is 8.27. The highest BCUT2D eigenvalue weighted by Gasteiger charge is 2.24. The molecule has 2 rings (SSSR count). The zero-order valence-corrected chi connectivity index (χ0v) is 12.6. The van der Waals surface area contributed by atoms with E-state index >= 15 is 0 Å². The van der Waals surface area contributed by atoms with Crippen molar-refractivity contribution in [2.24, 2.45) is 11.7 Å². The van der Waals surface area contributed by atoms with Crippen LogP contribution < -0.4 is 11.1 Å². The molecular weight excluding hydrogens is 270 g/mol. The van der Waals surface area contributed by atoms with Gasteiger partial charge in [-0.25, -0.2) is 0 Å². The number of nitrogens with one attached hydrogen (secondary N) is 1. The van der Waals surface area contributed by atoms with Gasteiger partial charge >= 0.3 is 0 Å². The SMILES string of the molecule is NCC1CCCCC1NC(=O)CSCc1ccccn1. The molecule has 0 aliphatic heterocycles. The Morgan fingerprint density at radius 3 is 3.00 bits per heavy atom. The second-order valence-corrected chi connectivity index (χ2v) is 6.25. The summed E-state index contributed by atoms with van der Waals surface area (Å²) < 4.78 is 0. The molecule has 20 heavy (non-hydrogen) atoms. The first-order chi connectivity index (χ1) is 9.79. The predicted molar refractivity (Wildman–Crippen MR) is 83.3 cm³/mol. The van der Waals surface area contributed by atoms with Crippen LogP contribution in [0.1, 0.15) is 31.4 Å². The van der Waals surface area contributed by atoms with E-state index in [1.165, 1.54) is 12.8 Å². The summed E-state index contributed by atoms with van der Waals surface area (Å²) in [5.74, 6) is 1.84. The van der Waals surface area contributed by atoms with Gasteiger partial charge in [-0.15, -0.1) is 11.8 Å². The summed E-state index contributed by atoms with van der Waals surface area (Å²) in [6.07, 6.45) is 6.43. The van der Waals surface area contributed by atoms with Gasteiger partial charge in [0.2, 0.25) is 5.91 Å². The monoisotopic (exact) mass is 293 g/mol. The van der Waals surface area contributed by atoms with Gasteiger partial charge < -0.3 is 11.1 Å². The Labute approximate surface area is 124 Å². The Bertz CT molecular complexity index is 413. The molecule has 1 aliphatic rings. The average Bonchev–Trinajstić information content (AvgIpc) is 2.49. The number of pyridine rings is 1. The van der Waals surface area contributed by atoms with Crippen LogP contribution in [0.3, 0.4) is 0 Å². The van der Waals surface area contributed by atoms with E-state index in [1.807, 2.05) is 18.2 Å². The van der Waals surface area contributed by atoms with Crippen molar-refractivity contribution in [2.75, 3.05) is 12.3 Å². The first-order valence-corrected chi connectivity index (χ1v) is 8.42. The Balaban J connectivity index is 1.69. The Hall–Kier alpha value is -1.07. The van der Waals surface area contributed by atoms with Gasteiger partial charge in [-0.1, -0.05) is 18.9 Å². The molecule has 1 heterocycles. The van der Waals surface area contributed by atoms with Crippen molar-refractivity contribution in [2.45, 2.75) is 37.5 Å². The first kappa shape index (κ1) is 15.3. The molecule has 0 saturated heterocycles. The Kier molecular flexibility index (Phi) is 6.33. The van der Waals surface area contributed by atoms with Crippen molar-refractivity contribution in [3.63, 3.8) is 0 Å². The predicted octanol–water partition coefficient (Wildman–Crippen LogP) is 1.95. The topological polar surface area (TPSA) is 68.0 Å². The average molecular weight is 293 g/mol. The molecule has 5 heteroatoms. The number of aromatic nitrogens is 1. The maximum absolute atomic E-state index is 12.0. The highest BCUT2D eigenvalue weighted by molar-refractivity contribution is 7.99. The van der Waals surface area contributed by atoms with E-state index in [2.05, 4.69) is 10.3 Å². The number of hydrogen-bond acceptors (Lipinski definition) is 4. The number of thioether (sulfide) groups is 1. The van der Waals surface area contributed by atoms with E-state index in [0.717, 1.165) is 24.3 Å². The lowest BCUT2D eigenvalue weighted by molar-refractivity contribution is -0.119. The second-order valence-electron chi connectivity index (χ2n) is 5.27. The minimum Gasteiger partial charge on any atom is -0.352 e. The van der Waals surface area contributed by atoms with Crippen LogP contribution in [0.25, 0.3) is 0 Å². The molecule has 2 unspecified atom stereocenters. The van der Waals surface area contributed by atoms with E-state index in [4.69, 9.17) is 5.73 Å². The largest absolute Gasteiger partial charge is 0.352 e. The van der Waals surface area contributed by atoms with Gasteiger partial charge in [0.15, 0.2) is 0 Å². The van der Waals surface area contributed by atoms with Crippen LogP contribution >= 0.6 is 11.8 Å². The number of nitrogens with zero attached hydrogens (tertiary/aromatic N) is 1. The fourth-order valence-electron chi connectivity index (χ4n) is 2.66. The molecule has 1 saturated carbocycles. The molecule has 3 N–H and O–H groups in total. The van der Waals surface area contributed by atoms with Crippen molar-refractivity contribution in [3.05, 3.63) is 30.1 Å². The maximum atomic E-state index is 12.0. The summed E-state index contributed by atoms with van der Waals surface area (Å²) in [6.45, 7) is 0.673. The molecule has 4 nitrogen and oxygen atoms in total. The summed E-state index contributed by atoms with van der Waals surface area (Å²) >= 11 is 1.61. The van der Waals surface area contributed by atoms with Crippen LogP contribution in [0.15, 0.2) is 24.4 Å². The molecular formula is C15H23N3OS. The van der Waals surface area contributed by atoms with Crippen molar-refractivity contribution >= 4 is 17.7 Å². The van der Waals surface area contributed by atoms with Crippen LogP contribution in [0.2, 0.25) is 0 Å². The lowest BCUT2D eigenvalue weighted by atomic mass is 9.84. The molecule has 1 aromatic heterocycles. The summed E-state index contributed by atoms with van der Waals surface area (Å²) in [6, 6.07) is 6.13. The van der Waals surface area contributed by atoms with Crippen molar-refractivity contribution in [3.8, 4) is 0 Å². The van der Waals surface area contributed by atoms with E-state index < -0.39 is 0 Å². The fourth-order valence-corrected chi connectivity index (χ4v) is 3.41. The van der Waals surface area contributed by atoms with Crippen LogP contribution in [0.4, 0.5) is 0 Å². The number of hydrogen-bond donors (Lipinski definition) is 2. The van der Waals surface area contributed by atoms with Gasteiger partial charge in [0.1, 0.15) is 0 Å². The third-order valence-electron chi connectivity index (χ3n) is 3.77. The van der Waals surface area contributed by atoms with Crippen LogP contribution in [-0.2, 0) is 10.5 Å². The summed E-state index contributed by atoms with van der Waals surface area (Å²) in [7, 11) is 0. The minimum atomic E-state index is 0.122. The quantitative estimate of drug-likeness (QED) is 0.841. The van der Waals surface area contributed by atoms with E-state index in [0.29, 0.717) is 18.2 Å². The molecule has 2 atom stereocenters. The lowest BCUT2D eigenvalue weighted by Crippen LogP contribution is -2.45. The molecule has 0 radical (unpaired) electrons. The van der Waals surface area contributed by atoms with Crippen molar-refractivity contribution in [1.29, 1.82) is 0 Å². The van der Waals surface area contributed by atoms with Gasteiger partial charge in [0.25, 0.3) is 0 Å². The number of amides is 1. The number of rotatable bonds is 6. The molecule has 0 spiro atoms. The Morgan fingerprint density at radius 1 is 1.40 bits per heavy atom. The Morgan fingerprint density at radius 2 is 2.25 bits per heavy atom. The molecule has 1 amide bonds. The fraction of sp³-hybridized carbons (Fsp3) is 0.600. The standard InChI is InChI=1S/C15H23N3OS/c16-9-12-5-1-2-7-14(12)18-15(19)11-20-10-13-6-3-4-8-17-13/h3-4,6,8,12,14H,1-2,5,7,9-11,16H2,(H,18,19). The van der Waals surface area contributed by atoms with Crippen LogP contribution in [-0.4, -0.2) is 29.2 Å². The highest BCUT2D eigenvalue weighted by atomic mass is 32.2. The van der Waals surface area contributed by atoms with E-state index in [9.17, 15) is 4.79 Å². The number of carbonyl (C=O) groups excluding carboxylic acids is 1. The number of nitrogens with two attached hydrogens (primary N) is 1. The molecule has 110 valence electrons. The van der Waals surface area contributed by atoms with Gasteiger partial charge in [-0.2, -0.15) is 0 Å². The van der Waals surface area contributed by atoms with Gasteiger partial charge in [-0.05, 0) is 37.4 Å². The van der Waals surface area contributed by atoms with E-state index in [-0.39, 0.29) is 11.9 Å². The molecule has 0 bridgehead atoms. The first-order valence-electron chi connectivity index (χ1n) is 7.26. The zero-order valence-electron chi connectivity index (χ0n) is 11.8. The van der Waals surface area contributed by atoms with Crippen LogP contribution in [0.5, 0.6) is 0 Å².